The molecule has 1 atom stereocenters. The van der Waals surface area contributed by atoms with Crippen LogP contribution in [0.1, 0.15) is 24.0 Å². The first-order valence-electron chi connectivity index (χ1n) is 10.5. The van der Waals surface area contributed by atoms with Gasteiger partial charge in [0.05, 0.1) is 6.10 Å². The van der Waals surface area contributed by atoms with E-state index in [9.17, 15) is 4.79 Å². The van der Waals surface area contributed by atoms with Crippen molar-refractivity contribution in [2.45, 2.75) is 32.4 Å². The summed E-state index contributed by atoms with van der Waals surface area (Å²) >= 11 is 0. The van der Waals surface area contributed by atoms with Crippen LogP contribution in [-0.4, -0.2) is 31.8 Å². The minimum absolute atomic E-state index is 0.0368. The molecule has 1 saturated heterocycles. The second-order valence-corrected chi connectivity index (χ2v) is 7.73. The molecule has 4 rings (SSSR count). The number of rotatable bonds is 8. The number of fused-ring (bicyclic) bond motifs is 1. The fourth-order valence-electron chi connectivity index (χ4n) is 3.77. The first-order chi connectivity index (χ1) is 14.7. The zero-order chi connectivity index (χ0) is 20.8. The number of nitrogens with one attached hydrogen (secondary N) is 2. The second kappa shape index (κ2) is 9.74. The minimum atomic E-state index is -0.176. The molecule has 0 radical (unpaired) electrons. The zero-order valence-corrected chi connectivity index (χ0v) is 17.3. The third-order valence-electron chi connectivity index (χ3n) is 5.39. The van der Waals surface area contributed by atoms with Gasteiger partial charge in [-0.1, -0.05) is 48.0 Å². The van der Waals surface area contributed by atoms with Gasteiger partial charge in [-0.15, -0.1) is 0 Å². The summed E-state index contributed by atoms with van der Waals surface area (Å²) in [7, 11) is 0. The molecule has 0 aromatic heterocycles. The number of anilines is 1. The van der Waals surface area contributed by atoms with Crippen LogP contribution in [0.2, 0.25) is 0 Å². The molecule has 2 N–H and O–H groups in total. The van der Waals surface area contributed by atoms with Crippen molar-refractivity contribution in [2.75, 3.05) is 25.1 Å². The summed E-state index contributed by atoms with van der Waals surface area (Å²) in [4.78, 5) is 12.4. The maximum absolute atomic E-state index is 12.4. The first kappa shape index (κ1) is 20.4. The average molecular weight is 405 g/mol. The molecule has 1 fully saturated rings. The van der Waals surface area contributed by atoms with Gasteiger partial charge in [0, 0.05) is 30.9 Å². The van der Waals surface area contributed by atoms with E-state index < -0.39 is 0 Å². The highest BCUT2D eigenvalue weighted by atomic mass is 16.5. The van der Waals surface area contributed by atoms with E-state index in [0.29, 0.717) is 6.54 Å². The molecule has 0 bridgehead atoms. The molecule has 1 aliphatic heterocycles. The largest absolute Gasteiger partial charge is 0.483 e. The molecule has 0 aliphatic carbocycles. The van der Waals surface area contributed by atoms with Crippen molar-refractivity contribution in [1.29, 1.82) is 0 Å². The molecule has 5 nitrogen and oxygen atoms in total. The van der Waals surface area contributed by atoms with E-state index in [4.69, 9.17) is 9.47 Å². The quantitative estimate of drug-likeness (QED) is 0.583. The molecule has 3 aromatic rings. The van der Waals surface area contributed by atoms with Crippen LogP contribution in [0.4, 0.5) is 5.69 Å². The SMILES string of the molecule is Cc1ccc(NC(=O)COc2ccc3ccccc3c2CNCC2CCCO2)cc1. The minimum Gasteiger partial charge on any atom is -0.483 e. The van der Waals surface area contributed by atoms with Gasteiger partial charge in [0.25, 0.3) is 5.91 Å². The molecule has 5 heteroatoms. The molecule has 30 heavy (non-hydrogen) atoms. The lowest BCUT2D eigenvalue weighted by Crippen LogP contribution is -2.26. The van der Waals surface area contributed by atoms with Gasteiger partial charge in [0.15, 0.2) is 6.61 Å². The highest BCUT2D eigenvalue weighted by Crippen LogP contribution is 2.28. The van der Waals surface area contributed by atoms with Gasteiger partial charge in [0.2, 0.25) is 0 Å². The summed E-state index contributed by atoms with van der Waals surface area (Å²) in [6.07, 6.45) is 2.51. The molecule has 0 spiro atoms. The van der Waals surface area contributed by atoms with Gasteiger partial charge in [-0.05, 0) is 48.7 Å². The smallest absolute Gasteiger partial charge is 0.262 e. The standard InChI is InChI=1S/C25H28N2O3/c1-18-8-11-20(12-9-18)27-25(28)17-30-24-13-10-19-5-2-3-7-22(19)23(24)16-26-15-21-6-4-14-29-21/h2-3,5,7-13,21,26H,4,6,14-17H2,1H3,(H,27,28). The first-order valence-corrected chi connectivity index (χ1v) is 10.5. The van der Waals surface area contributed by atoms with Crippen molar-refractivity contribution in [1.82, 2.24) is 5.32 Å². The monoisotopic (exact) mass is 404 g/mol. The molecule has 1 unspecified atom stereocenters. The molecule has 3 aromatic carbocycles. The van der Waals surface area contributed by atoms with E-state index in [-0.39, 0.29) is 18.6 Å². The highest BCUT2D eigenvalue weighted by Gasteiger charge is 2.16. The van der Waals surface area contributed by atoms with Gasteiger partial charge >= 0.3 is 0 Å². The van der Waals surface area contributed by atoms with E-state index in [1.807, 2.05) is 55.5 Å². The average Bonchev–Trinajstić information content (AvgIpc) is 3.28. The van der Waals surface area contributed by atoms with Gasteiger partial charge < -0.3 is 20.1 Å². The number of carbonyl (C=O) groups is 1. The Labute approximate surface area is 177 Å². The number of benzene rings is 3. The predicted molar refractivity (Wildman–Crippen MR) is 120 cm³/mol. The summed E-state index contributed by atoms with van der Waals surface area (Å²) in [5, 5.41) is 8.67. The van der Waals surface area contributed by atoms with E-state index in [2.05, 4.69) is 22.8 Å². The Hall–Kier alpha value is -2.89. The number of hydrogen-bond donors (Lipinski definition) is 2. The zero-order valence-electron chi connectivity index (χ0n) is 17.3. The number of ether oxygens (including phenoxy) is 2. The lowest BCUT2D eigenvalue weighted by molar-refractivity contribution is -0.118. The second-order valence-electron chi connectivity index (χ2n) is 7.73. The predicted octanol–water partition coefficient (Wildman–Crippen LogP) is 4.43. The Morgan fingerprint density at radius 1 is 1.10 bits per heavy atom. The summed E-state index contributed by atoms with van der Waals surface area (Å²) in [6.45, 7) is 4.31. The van der Waals surface area contributed by atoms with E-state index >= 15 is 0 Å². The van der Waals surface area contributed by atoms with E-state index in [1.165, 1.54) is 0 Å². The third-order valence-corrected chi connectivity index (χ3v) is 5.39. The Morgan fingerprint density at radius 2 is 1.93 bits per heavy atom. The van der Waals surface area contributed by atoms with Crippen LogP contribution in [0.15, 0.2) is 60.7 Å². The lowest BCUT2D eigenvalue weighted by atomic mass is 10.0. The van der Waals surface area contributed by atoms with E-state index in [0.717, 1.165) is 59.3 Å². The van der Waals surface area contributed by atoms with Crippen LogP contribution in [0.25, 0.3) is 10.8 Å². The van der Waals surface area contributed by atoms with Crippen molar-refractivity contribution < 1.29 is 14.3 Å². The summed E-state index contributed by atoms with van der Waals surface area (Å²) in [6, 6.07) is 19.9. The number of carbonyl (C=O) groups excluding carboxylic acids is 1. The van der Waals surface area contributed by atoms with Gasteiger partial charge in [-0.2, -0.15) is 0 Å². The van der Waals surface area contributed by atoms with Crippen molar-refractivity contribution in [3.63, 3.8) is 0 Å². The van der Waals surface area contributed by atoms with Gasteiger partial charge in [-0.3, -0.25) is 4.79 Å². The van der Waals surface area contributed by atoms with Gasteiger partial charge in [-0.25, -0.2) is 0 Å². The van der Waals surface area contributed by atoms with Crippen molar-refractivity contribution in [3.05, 3.63) is 71.8 Å². The molecule has 156 valence electrons. The molecule has 0 saturated carbocycles. The van der Waals surface area contributed by atoms with Crippen LogP contribution in [0.3, 0.4) is 0 Å². The molecule has 1 amide bonds. The maximum Gasteiger partial charge on any atom is 0.262 e. The Bertz CT molecular complexity index is 995. The molecule has 1 aliphatic rings. The van der Waals surface area contributed by atoms with E-state index in [1.54, 1.807) is 0 Å². The number of amides is 1. The summed E-state index contributed by atoms with van der Waals surface area (Å²) in [5.41, 5.74) is 2.99. The Balaban J connectivity index is 1.43. The van der Waals surface area contributed by atoms with Crippen molar-refractivity contribution >= 4 is 22.4 Å². The van der Waals surface area contributed by atoms with Gasteiger partial charge in [0.1, 0.15) is 5.75 Å². The Morgan fingerprint density at radius 3 is 2.73 bits per heavy atom. The van der Waals surface area contributed by atoms with Crippen LogP contribution >= 0.6 is 0 Å². The number of aryl methyl sites for hydroxylation is 1. The molecular weight excluding hydrogens is 376 g/mol. The third kappa shape index (κ3) is 5.17. The van der Waals surface area contributed by atoms with Crippen LogP contribution in [0.5, 0.6) is 5.75 Å². The summed E-state index contributed by atoms with van der Waals surface area (Å²) < 4.78 is 11.6. The van der Waals surface area contributed by atoms with Crippen LogP contribution < -0.4 is 15.4 Å². The maximum atomic E-state index is 12.4. The fourth-order valence-corrected chi connectivity index (χ4v) is 3.77. The molecular formula is C25H28N2O3. The van der Waals surface area contributed by atoms with Crippen LogP contribution in [-0.2, 0) is 16.1 Å². The fraction of sp³-hybridized carbons (Fsp3) is 0.320. The Kier molecular flexibility index (Phi) is 6.62. The van der Waals surface area contributed by atoms with Crippen molar-refractivity contribution in [3.8, 4) is 5.75 Å². The lowest BCUT2D eigenvalue weighted by Gasteiger charge is -2.16. The highest BCUT2D eigenvalue weighted by molar-refractivity contribution is 5.92. The van der Waals surface area contributed by atoms with Crippen LogP contribution in [0, 0.1) is 6.92 Å². The normalized spacial score (nSPS) is 16.0. The topological polar surface area (TPSA) is 59.6 Å². The summed E-state index contributed by atoms with van der Waals surface area (Å²) in [5.74, 6) is 0.554. The molecule has 1 heterocycles. The van der Waals surface area contributed by atoms with Crippen molar-refractivity contribution in [2.24, 2.45) is 0 Å². The number of hydrogen-bond acceptors (Lipinski definition) is 4.